The number of anilines is 2. The molecule has 28 heavy (non-hydrogen) atoms. The monoisotopic (exact) mass is 417 g/mol. The maximum absolute atomic E-state index is 12.4. The van der Waals surface area contributed by atoms with Gasteiger partial charge in [0.25, 0.3) is 5.91 Å². The highest BCUT2D eigenvalue weighted by Crippen LogP contribution is 2.33. The molecule has 0 aliphatic heterocycles. The summed E-state index contributed by atoms with van der Waals surface area (Å²) in [5.41, 5.74) is 2.34. The number of aryl methyl sites for hydroxylation is 2. The van der Waals surface area contributed by atoms with E-state index in [1.54, 1.807) is 32.0 Å². The molecule has 2 amide bonds. The summed E-state index contributed by atoms with van der Waals surface area (Å²) in [5.74, 6) is -1.44. The number of hydrogen-bond acceptors (Lipinski definition) is 7. The maximum Gasteiger partial charge on any atom is 0.341 e. The Kier molecular flexibility index (Phi) is 7.20. The van der Waals surface area contributed by atoms with Crippen LogP contribution in [-0.4, -0.2) is 24.4 Å². The van der Waals surface area contributed by atoms with Crippen LogP contribution in [0.15, 0.2) is 23.1 Å². The molecule has 0 radical (unpaired) electrons. The number of carbonyl (C=O) groups is 3. The minimum absolute atomic E-state index is 0.263. The number of amides is 2. The van der Waals surface area contributed by atoms with Crippen molar-refractivity contribution in [3.63, 3.8) is 0 Å². The van der Waals surface area contributed by atoms with Gasteiger partial charge >= 0.3 is 5.97 Å². The maximum atomic E-state index is 12.4. The molecule has 0 unspecified atom stereocenters. The van der Waals surface area contributed by atoms with Gasteiger partial charge in [-0.25, -0.2) is 4.79 Å². The number of esters is 1. The van der Waals surface area contributed by atoms with Gasteiger partial charge in [0, 0.05) is 22.4 Å². The van der Waals surface area contributed by atoms with E-state index in [4.69, 9.17) is 10.00 Å². The fourth-order valence-electron chi connectivity index (χ4n) is 2.40. The molecule has 0 aliphatic carbocycles. The van der Waals surface area contributed by atoms with Crippen LogP contribution in [0.4, 0.5) is 10.7 Å². The van der Waals surface area contributed by atoms with Gasteiger partial charge in [-0.3, -0.25) is 9.59 Å². The quantitative estimate of drug-likeness (QED) is 0.418. The lowest BCUT2D eigenvalue weighted by atomic mass is 10.1. The van der Waals surface area contributed by atoms with Crippen molar-refractivity contribution in [2.24, 2.45) is 0 Å². The van der Waals surface area contributed by atoms with E-state index in [9.17, 15) is 14.4 Å². The second-order valence-electron chi connectivity index (χ2n) is 5.96. The Morgan fingerprint density at radius 1 is 1.21 bits per heavy atom. The smallest absolute Gasteiger partial charge is 0.341 e. The Bertz CT molecular complexity index is 976. The van der Waals surface area contributed by atoms with Gasteiger partial charge < -0.3 is 15.4 Å². The molecule has 9 heteroatoms. The van der Waals surface area contributed by atoms with Crippen molar-refractivity contribution in [2.45, 2.75) is 32.6 Å². The summed E-state index contributed by atoms with van der Waals surface area (Å²) in [4.78, 5) is 37.6. The van der Waals surface area contributed by atoms with Crippen LogP contribution >= 0.6 is 23.1 Å². The van der Waals surface area contributed by atoms with Crippen LogP contribution < -0.4 is 10.6 Å². The van der Waals surface area contributed by atoms with E-state index in [0.717, 1.165) is 27.1 Å². The summed E-state index contributed by atoms with van der Waals surface area (Å²) < 4.78 is 5.14. The minimum Gasteiger partial charge on any atom is -0.452 e. The molecule has 2 rings (SSSR count). The third-order valence-corrected chi connectivity index (χ3v) is 5.55. The third-order valence-electron chi connectivity index (χ3n) is 3.85. The highest BCUT2D eigenvalue weighted by Gasteiger charge is 2.22. The van der Waals surface area contributed by atoms with Crippen LogP contribution in [0.5, 0.6) is 0 Å². The number of rotatable bonds is 6. The zero-order chi connectivity index (χ0) is 20.8. The first-order valence-electron chi connectivity index (χ1n) is 8.24. The molecule has 2 N–H and O–H groups in total. The van der Waals surface area contributed by atoms with Gasteiger partial charge in [-0.2, -0.15) is 5.26 Å². The second kappa shape index (κ2) is 9.39. The lowest BCUT2D eigenvalue weighted by Crippen LogP contribution is -2.22. The van der Waals surface area contributed by atoms with Gasteiger partial charge in [-0.1, -0.05) is 0 Å². The van der Waals surface area contributed by atoms with Crippen LogP contribution in [0.25, 0.3) is 0 Å². The Morgan fingerprint density at radius 2 is 1.93 bits per heavy atom. The fourth-order valence-corrected chi connectivity index (χ4v) is 3.97. The van der Waals surface area contributed by atoms with Crippen molar-refractivity contribution in [3.8, 4) is 5.40 Å². The molecular formula is C19H19N3O4S2. The van der Waals surface area contributed by atoms with Gasteiger partial charge in [-0.05, 0) is 61.9 Å². The summed E-state index contributed by atoms with van der Waals surface area (Å²) in [7, 11) is 0. The van der Waals surface area contributed by atoms with Crippen molar-refractivity contribution in [3.05, 3.63) is 39.8 Å². The molecule has 0 saturated heterocycles. The van der Waals surface area contributed by atoms with E-state index in [-0.39, 0.29) is 11.5 Å². The van der Waals surface area contributed by atoms with Crippen molar-refractivity contribution in [1.82, 2.24) is 0 Å². The Balaban J connectivity index is 2.03. The number of thiocyanates is 1. The molecule has 2 aromatic rings. The van der Waals surface area contributed by atoms with Crippen molar-refractivity contribution in [2.75, 3.05) is 17.2 Å². The van der Waals surface area contributed by atoms with Crippen molar-refractivity contribution >= 4 is 51.6 Å². The normalized spacial score (nSPS) is 10.1. The molecule has 0 fully saturated rings. The lowest BCUT2D eigenvalue weighted by Gasteiger charge is -2.10. The molecule has 0 atom stereocenters. The molecule has 0 bridgehead atoms. The van der Waals surface area contributed by atoms with Gasteiger partial charge in [0.1, 0.15) is 10.4 Å². The number of thiophene rings is 1. The fraction of sp³-hybridized carbons (Fsp3) is 0.263. The van der Waals surface area contributed by atoms with Crippen LogP contribution in [-0.2, 0) is 14.3 Å². The van der Waals surface area contributed by atoms with E-state index in [0.29, 0.717) is 16.3 Å². The zero-order valence-corrected chi connectivity index (χ0v) is 17.5. The third kappa shape index (κ3) is 5.34. The van der Waals surface area contributed by atoms with Crippen LogP contribution in [0.2, 0.25) is 0 Å². The summed E-state index contributed by atoms with van der Waals surface area (Å²) in [6.07, 6.45) is 0. The predicted octanol–water partition coefficient (Wildman–Crippen LogP) is 4.00. The highest BCUT2D eigenvalue weighted by molar-refractivity contribution is 8.03. The highest BCUT2D eigenvalue weighted by atomic mass is 32.2. The Labute approximate surface area is 171 Å². The van der Waals surface area contributed by atoms with Gasteiger partial charge in [-0.15, -0.1) is 11.3 Å². The topological polar surface area (TPSA) is 108 Å². The second-order valence-corrected chi connectivity index (χ2v) is 8.05. The first kappa shape index (κ1) is 21.5. The number of carbonyl (C=O) groups excluding carboxylic acids is 3. The van der Waals surface area contributed by atoms with Gasteiger partial charge in [0.15, 0.2) is 6.61 Å². The molecule has 1 aromatic heterocycles. The van der Waals surface area contributed by atoms with Gasteiger partial charge in [0.2, 0.25) is 5.91 Å². The number of nitriles is 1. The molecule has 1 heterocycles. The van der Waals surface area contributed by atoms with Crippen LogP contribution in [0.1, 0.15) is 33.3 Å². The van der Waals surface area contributed by atoms with E-state index >= 15 is 0 Å². The zero-order valence-electron chi connectivity index (χ0n) is 15.8. The molecule has 1 aromatic carbocycles. The van der Waals surface area contributed by atoms with E-state index in [1.807, 2.05) is 12.3 Å². The summed E-state index contributed by atoms with van der Waals surface area (Å²) in [6.45, 7) is 6.31. The molecule has 146 valence electrons. The molecule has 0 spiro atoms. The van der Waals surface area contributed by atoms with Gasteiger partial charge in [0.05, 0.1) is 5.56 Å². The summed E-state index contributed by atoms with van der Waals surface area (Å²) in [6, 6.07) is 5.20. The summed E-state index contributed by atoms with van der Waals surface area (Å²) in [5, 5.41) is 16.4. The predicted molar refractivity (Wildman–Crippen MR) is 110 cm³/mol. The van der Waals surface area contributed by atoms with E-state index in [1.165, 1.54) is 18.3 Å². The molecule has 0 aliphatic rings. The average Bonchev–Trinajstić information content (AvgIpc) is 2.88. The van der Waals surface area contributed by atoms with Crippen LogP contribution in [0, 0.1) is 31.4 Å². The SMILES string of the molecule is CC(=O)Nc1sc(C)c(C)c1C(=O)OCC(=O)Nc1ccc(SC#N)cc1C. The van der Waals surface area contributed by atoms with E-state index < -0.39 is 18.5 Å². The number of nitrogens with zero attached hydrogens (tertiary/aromatic N) is 1. The number of nitrogens with one attached hydrogen (secondary N) is 2. The first-order chi connectivity index (χ1) is 13.2. The average molecular weight is 418 g/mol. The van der Waals surface area contributed by atoms with Crippen molar-refractivity contribution < 1.29 is 19.1 Å². The summed E-state index contributed by atoms with van der Waals surface area (Å²) >= 11 is 2.32. The van der Waals surface area contributed by atoms with Crippen LogP contribution in [0.3, 0.4) is 0 Å². The molecular weight excluding hydrogens is 398 g/mol. The Hall–Kier alpha value is -2.83. The number of benzene rings is 1. The number of ether oxygens (including phenoxy) is 1. The van der Waals surface area contributed by atoms with E-state index in [2.05, 4.69) is 10.6 Å². The molecule has 7 nitrogen and oxygen atoms in total. The Morgan fingerprint density at radius 3 is 2.54 bits per heavy atom. The van der Waals surface area contributed by atoms with Crippen molar-refractivity contribution in [1.29, 1.82) is 5.26 Å². The lowest BCUT2D eigenvalue weighted by molar-refractivity contribution is -0.119. The standard InChI is InChI=1S/C19H19N3O4S2/c1-10-7-14(27-9-20)5-6-15(10)22-16(24)8-26-19(25)17-11(2)12(3)28-18(17)21-13(4)23/h5-7H,8H2,1-4H3,(H,21,23)(H,22,24). The first-order valence-corrected chi connectivity index (χ1v) is 9.87. The number of thioether (sulfide) groups is 1. The largest absolute Gasteiger partial charge is 0.452 e. The molecule has 0 saturated carbocycles. The number of hydrogen-bond donors (Lipinski definition) is 2. The minimum atomic E-state index is -0.668.